The molecule has 1 saturated heterocycles. The van der Waals surface area contributed by atoms with E-state index >= 15 is 0 Å². The molecule has 5 rings (SSSR count). The van der Waals surface area contributed by atoms with Gasteiger partial charge in [-0.1, -0.05) is 19.1 Å². The highest BCUT2D eigenvalue weighted by atomic mass is 19.1. The number of halogens is 1. The number of carbonyl (C=O) groups is 1. The number of aliphatic hydroxyl groups excluding tert-OH is 1. The maximum absolute atomic E-state index is 14.0. The second kappa shape index (κ2) is 10.1. The van der Waals surface area contributed by atoms with Crippen molar-refractivity contribution in [2.45, 2.75) is 44.2 Å². The van der Waals surface area contributed by atoms with E-state index in [9.17, 15) is 14.3 Å². The highest BCUT2D eigenvalue weighted by Gasteiger charge is 2.47. The lowest BCUT2D eigenvalue weighted by Gasteiger charge is -2.50. The normalized spacial score (nSPS) is 19.4. The number of hydrogen-bond acceptors (Lipinski definition) is 4. The zero-order chi connectivity index (χ0) is 25.3. The second-order valence-corrected chi connectivity index (χ2v) is 10.1. The van der Waals surface area contributed by atoms with Crippen molar-refractivity contribution in [1.29, 1.82) is 0 Å². The molecule has 2 amide bonds. The maximum Gasteiger partial charge on any atom is 0.317 e. The topological polar surface area (TPSA) is 80.8 Å². The van der Waals surface area contributed by atoms with Crippen molar-refractivity contribution in [3.8, 4) is 5.75 Å². The van der Waals surface area contributed by atoms with Crippen molar-refractivity contribution in [3.05, 3.63) is 65.1 Å². The van der Waals surface area contributed by atoms with Crippen molar-refractivity contribution in [1.82, 2.24) is 20.1 Å². The first-order valence-corrected chi connectivity index (χ1v) is 12.8. The zero-order valence-electron chi connectivity index (χ0n) is 21.0. The van der Waals surface area contributed by atoms with Gasteiger partial charge in [0, 0.05) is 60.8 Å². The van der Waals surface area contributed by atoms with Gasteiger partial charge in [-0.3, -0.25) is 4.90 Å². The number of fused-ring (bicyclic) bond motifs is 4. The number of amides is 2. The Morgan fingerprint density at radius 1 is 1.25 bits per heavy atom. The van der Waals surface area contributed by atoms with Crippen LogP contribution in [0.15, 0.2) is 42.5 Å². The fourth-order valence-electron chi connectivity index (χ4n) is 6.04. The molecule has 0 saturated carbocycles. The summed E-state index contributed by atoms with van der Waals surface area (Å²) in [5.74, 6) is 0.513. The number of methoxy groups -OCH3 is 1. The summed E-state index contributed by atoms with van der Waals surface area (Å²) < 4.78 is 19.4. The molecular weight excluding hydrogens is 459 g/mol. The third-order valence-electron chi connectivity index (χ3n) is 7.83. The van der Waals surface area contributed by atoms with E-state index in [4.69, 9.17) is 4.74 Å². The summed E-state index contributed by atoms with van der Waals surface area (Å²) in [6, 6.07) is 12.5. The number of H-pyrrole nitrogens is 1. The summed E-state index contributed by atoms with van der Waals surface area (Å²) >= 11 is 0. The molecule has 0 aliphatic carbocycles. The average molecular weight is 495 g/mol. The SMILES string of the molecule is CCCNC(=O)N1CCC2(CC1)CN(Cc1cccc(F)c1)[C@H](CO)c1[nH]c3cc(OC)ccc3c12. The summed E-state index contributed by atoms with van der Waals surface area (Å²) in [7, 11) is 1.65. The van der Waals surface area contributed by atoms with Crippen LogP contribution in [0.25, 0.3) is 10.9 Å². The van der Waals surface area contributed by atoms with Crippen LogP contribution in [0.2, 0.25) is 0 Å². The molecule has 3 heterocycles. The summed E-state index contributed by atoms with van der Waals surface area (Å²) in [5, 5.41) is 14.7. The van der Waals surface area contributed by atoms with E-state index in [-0.39, 0.29) is 29.9 Å². The minimum Gasteiger partial charge on any atom is -0.497 e. The van der Waals surface area contributed by atoms with Gasteiger partial charge in [0.15, 0.2) is 0 Å². The van der Waals surface area contributed by atoms with Gasteiger partial charge in [-0.2, -0.15) is 0 Å². The Morgan fingerprint density at radius 2 is 2.06 bits per heavy atom. The Hall–Kier alpha value is -3.10. The van der Waals surface area contributed by atoms with Gasteiger partial charge in [-0.05, 0) is 54.7 Å². The minimum absolute atomic E-state index is 0.00347. The second-order valence-electron chi connectivity index (χ2n) is 10.1. The van der Waals surface area contributed by atoms with Gasteiger partial charge in [-0.25, -0.2) is 9.18 Å². The molecule has 192 valence electrons. The number of likely N-dealkylation sites (tertiary alicyclic amines) is 1. The molecule has 2 aliphatic heterocycles. The summed E-state index contributed by atoms with van der Waals surface area (Å²) in [6.07, 6.45) is 2.54. The number of hydrogen-bond donors (Lipinski definition) is 3. The van der Waals surface area contributed by atoms with Crippen LogP contribution in [0.1, 0.15) is 49.0 Å². The maximum atomic E-state index is 14.0. The van der Waals surface area contributed by atoms with Gasteiger partial charge >= 0.3 is 6.03 Å². The number of urea groups is 1. The molecule has 1 atom stereocenters. The van der Waals surface area contributed by atoms with Gasteiger partial charge in [0.25, 0.3) is 0 Å². The molecule has 3 aromatic rings. The smallest absolute Gasteiger partial charge is 0.317 e. The summed E-state index contributed by atoms with van der Waals surface area (Å²) in [6.45, 7) is 5.26. The first kappa shape index (κ1) is 24.6. The molecule has 1 spiro atoms. The van der Waals surface area contributed by atoms with E-state index in [2.05, 4.69) is 21.3 Å². The lowest BCUT2D eigenvalue weighted by atomic mass is 9.68. The van der Waals surface area contributed by atoms with Crippen LogP contribution >= 0.6 is 0 Å². The molecule has 8 heteroatoms. The van der Waals surface area contributed by atoms with Crippen LogP contribution < -0.4 is 10.1 Å². The number of nitrogens with zero attached hydrogens (tertiary/aromatic N) is 2. The van der Waals surface area contributed by atoms with Crippen LogP contribution in [-0.2, 0) is 12.0 Å². The number of rotatable bonds is 6. The van der Waals surface area contributed by atoms with Crippen molar-refractivity contribution in [3.63, 3.8) is 0 Å². The molecule has 1 aromatic heterocycles. The van der Waals surface area contributed by atoms with Gasteiger partial charge in [0.05, 0.1) is 19.8 Å². The third-order valence-corrected chi connectivity index (χ3v) is 7.83. The van der Waals surface area contributed by atoms with Crippen LogP contribution in [0.5, 0.6) is 5.75 Å². The molecule has 1 fully saturated rings. The average Bonchev–Trinajstić information content (AvgIpc) is 3.27. The van der Waals surface area contributed by atoms with E-state index in [0.29, 0.717) is 26.2 Å². The Bertz CT molecular complexity index is 1230. The largest absolute Gasteiger partial charge is 0.497 e. The highest BCUT2D eigenvalue weighted by Crippen LogP contribution is 2.49. The van der Waals surface area contributed by atoms with E-state index in [1.54, 1.807) is 19.2 Å². The first-order chi connectivity index (χ1) is 17.5. The van der Waals surface area contributed by atoms with Crippen LogP contribution in [-0.4, -0.2) is 65.8 Å². The fraction of sp³-hybridized carbons (Fsp3) is 0.464. The number of ether oxygens (including phenoxy) is 1. The summed E-state index contributed by atoms with van der Waals surface area (Å²) in [5.41, 5.74) is 3.91. The number of aromatic nitrogens is 1. The minimum atomic E-state index is -0.260. The van der Waals surface area contributed by atoms with E-state index in [1.165, 1.54) is 11.6 Å². The molecule has 3 N–H and O–H groups in total. The number of nitrogens with one attached hydrogen (secondary N) is 2. The van der Waals surface area contributed by atoms with Crippen molar-refractivity contribution in [2.75, 3.05) is 39.9 Å². The monoisotopic (exact) mass is 494 g/mol. The van der Waals surface area contributed by atoms with Crippen LogP contribution in [0.4, 0.5) is 9.18 Å². The molecule has 2 aromatic carbocycles. The van der Waals surface area contributed by atoms with Crippen molar-refractivity contribution in [2.24, 2.45) is 0 Å². The number of aliphatic hydroxyl groups is 1. The molecule has 0 bridgehead atoms. The summed E-state index contributed by atoms with van der Waals surface area (Å²) in [4.78, 5) is 20.4. The van der Waals surface area contributed by atoms with E-state index in [0.717, 1.165) is 53.7 Å². The lowest BCUT2D eigenvalue weighted by molar-refractivity contribution is 0.0486. The number of carbonyl (C=O) groups excluding carboxylic acids is 1. The van der Waals surface area contributed by atoms with E-state index in [1.807, 2.05) is 30.0 Å². The Labute approximate surface area is 211 Å². The van der Waals surface area contributed by atoms with Crippen molar-refractivity contribution < 1.29 is 19.0 Å². The zero-order valence-corrected chi connectivity index (χ0v) is 21.0. The predicted molar refractivity (Wildman–Crippen MR) is 138 cm³/mol. The molecule has 7 nitrogen and oxygen atoms in total. The van der Waals surface area contributed by atoms with Crippen LogP contribution in [0.3, 0.4) is 0 Å². The molecular formula is C28H35FN4O3. The Kier molecular flexibility index (Phi) is 6.90. The lowest BCUT2D eigenvalue weighted by Crippen LogP contribution is -2.55. The van der Waals surface area contributed by atoms with Crippen LogP contribution in [0, 0.1) is 5.82 Å². The highest BCUT2D eigenvalue weighted by molar-refractivity contribution is 5.88. The molecule has 2 aliphatic rings. The Morgan fingerprint density at radius 3 is 2.75 bits per heavy atom. The molecule has 36 heavy (non-hydrogen) atoms. The third kappa shape index (κ3) is 4.44. The van der Waals surface area contributed by atoms with E-state index < -0.39 is 0 Å². The van der Waals surface area contributed by atoms with Gasteiger partial charge in [0.1, 0.15) is 11.6 Å². The van der Waals surface area contributed by atoms with Crippen molar-refractivity contribution >= 4 is 16.9 Å². The quantitative estimate of drug-likeness (QED) is 0.477. The number of piperidine rings is 1. The van der Waals surface area contributed by atoms with Gasteiger partial charge in [-0.15, -0.1) is 0 Å². The van der Waals surface area contributed by atoms with Gasteiger partial charge < -0.3 is 25.0 Å². The molecule has 0 radical (unpaired) electrons. The fourth-order valence-corrected chi connectivity index (χ4v) is 6.04. The van der Waals surface area contributed by atoms with Gasteiger partial charge in [0.2, 0.25) is 0 Å². The number of aromatic amines is 1. The standard InChI is InChI=1S/C28H35FN4O3/c1-3-11-30-27(35)32-12-9-28(10-13-32)18-33(16-19-5-4-6-20(29)14-19)24(17-34)26-25(28)22-8-7-21(36-2)15-23(22)31-26/h4-8,14-15,24,31,34H,3,9-13,16-18H2,1-2H3,(H,30,35)/t24-/m1/s1. The Balaban J connectivity index is 1.54. The predicted octanol–water partition coefficient (Wildman–Crippen LogP) is 4.32. The molecule has 0 unspecified atom stereocenters. The first-order valence-electron chi connectivity index (χ1n) is 12.8. The number of benzene rings is 2.